The molecule has 2 unspecified atom stereocenters. The number of thioether (sulfide) groups is 1. The van der Waals surface area contributed by atoms with Crippen molar-refractivity contribution in [2.45, 2.75) is 43.3 Å². The first-order valence-electron chi connectivity index (χ1n) is 7.06. The van der Waals surface area contributed by atoms with Gasteiger partial charge in [0.25, 0.3) is 0 Å². The van der Waals surface area contributed by atoms with Gasteiger partial charge in [-0.1, -0.05) is 25.1 Å². The molecule has 0 spiro atoms. The van der Waals surface area contributed by atoms with E-state index in [1.807, 2.05) is 6.07 Å². The van der Waals surface area contributed by atoms with Crippen LogP contribution in [0.2, 0.25) is 0 Å². The molecule has 0 bridgehead atoms. The monoisotopic (exact) mass is 281 g/mol. The molecule has 1 fully saturated rings. The van der Waals surface area contributed by atoms with E-state index in [4.69, 9.17) is 0 Å². The molecule has 1 aromatic heterocycles. The van der Waals surface area contributed by atoms with Crippen molar-refractivity contribution in [1.82, 2.24) is 15.3 Å². The largest absolute Gasteiger partial charge is 0.394 e. The Morgan fingerprint density at radius 2 is 2.26 bits per heavy atom. The number of hydrogen-bond donors (Lipinski definition) is 2. The normalized spacial score (nSPS) is 26.7. The highest BCUT2D eigenvalue weighted by molar-refractivity contribution is 7.99. The fraction of sp³-hybridized carbons (Fsp3) is 0.714. The van der Waals surface area contributed by atoms with Crippen LogP contribution in [0.4, 0.5) is 0 Å². The minimum Gasteiger partial charge on any atom is -0.394 e. The summed E-state index contributed by atoms with van der Waals surface area (Å²) in [5.74, 6) is 1.58. The Bertz CT molecular complexity index is 376. The van der Waals surface area contributed by atoms with E-state index in [1.54, 1.807) is 24.2 Å². The molecule has 0 amide bonds. The Labute approximate surface area is 119 Å². The van der Waals surface area contributed by atoms with Crippen molar-refractivity contribution < 1.29 is 5.11 Å². The van der Waals surface area contributed by atoms with Crippen molar-refractivity contribution in [3.63, 3.8) is 0 Å². The molecule has 106 valence electrons. The molecule has 0 radical (unpaired) electrons. The first-order valence-corrected chi connectivity index (χ1v) is 8.05. The molecule has 0 saturated heterocycles. The summed E-state index contributed by atoms with van der Waals surface area (Å²) in [6.07, 6.45) is 8.18. The fourth-order valence-corrected chi connectivity index (χ4v) is 3.92. The highest BCUT2D eigenvalue weighted by Crippen LogP contribution is 2.38. The van der Waals surface area contributed by atoms with Gasteiger partial charge in [-0.25, -0.2) is 9.97 Å². The fourth-order valence-electron chi connectivity index (χ4n) is 3.07. The van der Waals surface area contributed by atoms with Gasteiger partial charge in [-0.05, 0) is 37.8 Å². The third-order valence-corrected chi connectivity index (χ3v) is 4.92. The van der Waals surface area contributed by atoms with Crippen LogP contribution in [0.25, 0.3) is 0 Å². The van der Waals surface area contributed by atoms with E-state index in [-0.39, 0.29) is 12.1 Å². The quantitative estimate of drug-likeness (QED) is 0.592. The third-order valence-electron chi connectivity index (χ3n) is 4.01. The Kier molecular flexibility index (Phi) is 5.60. The number of hydrogen-bond acceptors (Lipinski definition) is 5. The Hall–Kier alpha value is -0.650. The SMILES string of the molecule is CCNC1(CO)CCCC1CCSc1ncccn1. The van der Waals surface area contributed by atoms with Gasteiger partial charge in [0, 0.05) is 23.7 Å². The highest BCUT2D eigenvalue weighted by Gasteiger charge is 2.41. The first kappa shape index (κ1) is 14.8. The predicted octanol–water partition coefficient (Wildman–Crippen LogP) is 2.10. The zero-order valence-corrected chi connectivity index (χ0v) is 12.3. The van der Waals surface area contributed by atoms with Gasteiger partial charge in [-0.3, -0.25) is 0 Å². The lowest BCUT2D eigenvalue weighted by atomic mass is 9.86. The van der Waals surface area contributed by atoms with Gasteiger partial charge in [0.05, 0.1) is 6.61 Å². The molecule has 1 saturated carbocycles. The van der Waals surface area contributed by atoms with E-state index in [2.05, 4.69) is 22.2 Å². The standard InChI is InChI=1S/C14H23N3OS/c1-2-17-14(11-18)7-3-5-12(14)6-10-19-13-15-8-4-9-16-13/h4,8-9,12,17-18H,2-3,5-7,10-11H2,1H3. The number of aliphatic hydroxyl groups is 1. The van der Waals surface area contributed by atoms with Crippen LogP contribution in [-0.4, -0.2) is 39.5 Å². The molecule has 1 aliphatic carbocycles. The summed E-state index contributed by atoms with van der Waals surface area (Å²) >= 11 is 1.70. The second-order valence-electron chi connectivity index (χ2n) is 5.10. The molecule has 1 heterocycles. The number of aromatic nitrogens is 2. The van der Waals surface area contributed by atoms with E-state index in [1.165, 1.54) is 12.8 Å². The topological polar surface area (TPSA) is 58.0 Å². The van der Waals surface area contributed by atoms with Crippen molar-refractivity contribution in [2.24, 2.45) is 5.92 Å². The molecule has 2 atom stereocenters. The molecule has 0 aromatic carbocycles. The van der Waals surface area contributed by atoms with E-state index in [9.17, 15) is 5.11 Å². The minimum atomic E-state index is -0.0488. The molecule has 2 rings (SSSR count). The first-order chi connectivity index (χ1) is 9.30. The van der Waals surface area contributed by atoms with Crippen molar-refractivity contribution >= 4 is 11.8 Å². The van der Waals surface area contributed by atoms with Gasteiger partial charge in [0.15, 0.2) is 5.16 Å². The maximum atomic E-state index is 9.74. The van der Waals surface area contributed by atoms with Gasteiger partial charge in [-0.2, -0.15) is 0 Å². The Balaban J connectivity index is 1.84. The van der Waals surface area contributed by atoms with E-state index < -0.39 is 0 Å². The van der Waals surface area contributed by atoms with Crippen LogP contribution in [0, 0.1) is 5.92 Å². The summed E-state index contributed by atoms with van der Waals surface area (Å²) in [5, 5.41) is 14.1. The van der Waals surface area contributed by atoms with Crippen LogP contribution < -0.4 is 5.32 Å². The molecule has 0 aliphatic heterocycles. The zero-order valence-electron chi connectivity index (χ0n) is 11.5. The van der Waals surface area contributed by atoms with Gasteiger partial charge in [0.1, 0.15) is 0 Å². The van der Waals surface area contributed by atoms with E-state index in [0.717, 1.165) is 30.3 Å². The van der Waals surface area contributed by atoms with Gasteiger partial charge >= 0.3 is 0 Å². The van der Waals surface area contributed by atoms with E-state index >= 15 is 0 Å². The van der Waals surface area contributed by atoms with Gasteiger partial charge in [0.2, 0.25) is 0 Å². The minimum absolute atomic E-state index is 0.0488. The predicted molar refractivity (Wildman–Crippen MR) is 78.2 cm³/mol. The Morgan fingerprint density at radius 1 is 1.47 bits per heavy atom. The number of likely N-dealkylation sites (N-methyl/N-ethyl adjacent to an activating group) is 1. The summed E-state index contributed by atoms with van der Waals surface area (Å²) < 4.78 is 0. The summed E-state index contributed by atoms with van der Waals surface area (Å²) in [6.45, 7) is 3.28. The highest BCUT2D eigenvalue weighted by atomic mass is 32.2. The summed E-state index contributed by atoms with van der Waals surface area (Å²) in [7, 11) is 0. The van der Waals surface area contributed by atoms with Crippen molar-refractivity contribution in [2.75, 3.05) is 18.9 Å². The lowest BCUT2D eigenvalue weighted by Crippen LogP contribution is -2.51. The lowest BCUT2D eigenvalue weighted by Gasteiger charge is -2.34. The number of nitrogens with zero attached hydrogens (tertiary/aromatic N) is 2. The molecule has 2 N–H and O–H groups in total. The van der Waals surface area contributed by atoms with Crippen molar-refractivity contribution in [3.8, 4) is 0 Å². The van der Waals surface area contributed by atoms with Crippen LogP contribution in [0.5, 0.6) is 0 Å². The second kappa shape index (κ2) is 7.22. The molecular weight excluding hydrogens is 258 g/mol. The Morgan fingerprint density at radius 3 is 2.95 bits per heavy atom. The van der Waals surface area contributed by atoms with Crippen LogP contribution in [0.15, 0.2) is 23.6 Å². The molecular formula is C14H23N3OS. The summed E-state index contributed by atoms with van der Waals surface area (Å²) in [6, 6.07) is 1.84. The van der Waals surface area contributed by atoms with Gasteiger partial charge < -0.3 is 10.4 Å². The maximum absolute atomic E-state index is 9.74. The molecule has 19 heavy (non-hydrogen) atoms. The molecule has 1 aromatic rings. The van der Waals surface area contributed by atoms with Crippen molar-refractivity contribution in [3.05, 3.63) is 18.5 Å². The average molecular weight is 281 g/mol. The number of nitrogens with one attached hydrogen (secondary N) is 1. The number of rotatable bonds is 7. The van der Waals surface area contributed by atoms with E-state index in [0.29, 0.717) is 5.92 Å². The van der Waals surface area contributed by atoms with Crippen LogP contribution in [0.1, 0.15) is 32.6 Å². The summed E-state index contributed by atoms with van der Waals surface area (Å²) in [4.78, 5) is 8.45. The van der Waals surface area contributed by atoms with Crippen LogP contribution in [-0.2, 0) is 0 Å². The second-order valence-corrected chi connectivity index (χ2v) is 6.16. The van der Waals surface area contributed by atoms with Crippen LogP contribution in [0.3, 0.4) is 0 Å². The average Bonchev–Trinajstić information content (AvgIpc) is 2.84. The summed E-state index contributed by atoms with van der Waals surface area (Å²) in [5.41, 5.74) is -0.0488. The van der Waals surface area contributed by atoms with Crippen molar-refractivity contribution in [1.29, 1.82) is 0 Å². The molecule has 4 nitrogen and oxygen atoms in total. The smallest absolute Gasteiger partial charge is 0.187 e. The van der Waals surface area contributed by atoms with Gasteiger partial charge in [-0.15, -0.1) is 0 Å². The molecule has 5 heteroatoms. The molecule has 1 aliphatic rings. The van der Waals surface area contributed by atoms with Crippen LogP contribution >= 0.6 is 11.8 Å². The lowest BCUT2D eigenvalue weighted by molar-refractivity contribution is 0.124. The number of aliphatic hydroxyl groups excluding tert-OH is 1. The third kappa shape index (κ3) is 3.68. The zero-order chi connectivity index (χ0) is 13.6. The maximum Gasteiger partial charge on any atom is 0.187 e.